The largest absolute Gasteiger partial charge is 0.353 e. The molecular weight excluding hydrogens is 204 g/mol. The minimum atomic E-state index is -0.546. The van der Waals surface area contributed by atoms with E-state index in [2.05, 4.69) is 10.2 Å². The summed E-state index contributed by atoms with van der Waals surface area (Å²) < 4.78 is 0. The third-order valence-corrected chi connectivity index (χ3v) is 3.81. The second-order valence-electron chi connectivity index (χ2n) is 5.24. The first-order chi connectivity index (χ1) is 7.53. The van der Waals surface area contributed by atoms with Gasteiger partial charge in [0.05, 0.1) is 11.6 Å². The van der Waals surface area contributed by atoms with Crippen molar-refractivity contribution in [1.29, 1.82) is 0 Å². The van der Waals surface area contributed by atoms with Crippen LogP contribution in [0.4, 0.5) is 0 Å². The number of rotatable bonds is 1. The Hall–Kier alpha value is -0.900. The Kier molecular flexibility index (Phi) is 3.02. The van der Waals surface area contributed by atoms with Gasteiger partial charge in [-0.15, -0.1) is 0 Å². The van der Waals surface area contributed by atoms with Crippen LogP contribution >= 0.6 is 0 Å². The molecule has 0 aromatic heterocycles. The van der Waals surface area contributed by atoms with E-state index >= 15 is 0 Å². The molecule has 1 aliphatic heterocycles. The third-order valence-electron chi connectivity index (χ3n) is 3.81. The highest BCUT2D eigenvalue weighted by Gasteiger charge is 2.43. The quantitative estimate of drug-likeness (QED) is 0.713. The maximum absolute atomic E-state index is 11.9. The predicted octanol–water partition coefficient (Wildman–Crippen LogP) is 0.708. The smallest absolute Gasteiger partial charge is 0.240 e. The molecule has 1 atom stereocenters. The lowest BCUT2D eigenvalue weighted by atomic mass is 9.87. The van der Waals surface area contributed by atoms with Gasteiger partial charge >= 0.3 is 0 Å². The molecule has 1 saturated carbocycles. The molecule has 1 N–H and O–H groups in total. The number of carbonyl (C=O) groups excluding carboxylic acids is 2. The first-order valence-electron chi connectivity index (χ1n) is 6.11. The minimum absolute atomic E-state index is 0.0326. The van der Waals surface area contributed by atoms with Gasteiger partial charge in [0.25, 0.3) is 0 Å². The highest BCUT2D eigenvalue weighted by Crippen LogP contribution is 2.27. The average Bonchev–Trinajstić information content (AvgIpc) is 2.24. The van der Waals surface area contributed by atoms with Gasteiger partial charge in [-0.2, -0.15) is 0 Å². The summed E-state index contributed by atoms with van der Waals surface area (Å²) in [5, 5.41) is 2.86. The van der Waals surface area contributed by atoms with Gasteiger partial charge in [0.1, 0.15) is 5.78 Å². The normalized spacial score (nSPS) is 31.2. The summed E-state index contributed by atoms with van der Waals surface area (Å²) in [6.45, 7) is 5.26. The van der Waals surface area contributed by atoms with Gasteiger partial charge in [0, 0.05) is 19.5 Å². The molecule has 2 fully saturated rings. The van der Waals surface area contributed by atoms with Gasteiger partial charge in [-0.1, -0.05) is 6.42 Å². The van der Waals surface area contributed by atoms with Gasteiger partial charge in [-0.05, 0) is 26.7 Å². The highest BCUT2D eigenvalue weighted by atomic mass is 16.2. The zero-order chi connectivity index (χ0) is 11.8. The molecule has 0 aromatic carbocycles. The fourth-order valence-corrected chi connectivity index (χ4v) is 2.76. The minimum Gasteiger partial charge on any atom is -0.353 e. The molecule has 4 nitrogen and oxygen atoms in total. The first-order valence-corrected chi connectivity index (χ1v) is 6.11. The molecule has 4 heteroatoms. The zero-order valence-corrected chi connectivity index (χ0v) is 10.1. The number of Topliss-reactive ketones (excluding diaryl/α,β-unsaturated/α-hetero) is 1. The number of hydrogen-bond acceptors (Lipinski definition) is 3. The van der Waals surface area contributed by atoms with E-state index in [1.807, 2.05) is 13.8 Å². The molecule has 1 heterocycles. The van der Waals surface area contributed by atoms with E-state index in [0.717, 1.165) is 25.8 Å². The fraction of sp³-hybridized carbons (Fsp3) is 0.833. The molecule has 2 rings (SSSR count). The summed E-state index contributed by atoms with van der Waals surface area (Å²) in [7, 11) is 0. The maximum atomic E-state index is 11.9. The standard InChI is InChI=1S/C12H20N2O2/c1-12(2)11(16)13-7-8-14(12)9-5-3-4-6-10(9)15/h9H,3-8H2,1-2H3,(H,13,16). The Morgan fingerprint density at radius 2 is 2.06 bits per heavy atom. The molecule has 1 unspecified atom stereocenters. The number of nitrogens with zero attached hydrogens (tertiary/aromatic N) is 1. The molecule has 0 bridgehead atoms. The van der Waals surface area contributed by atoms with Crippen LogP contribution in [0.1, 0.15) is 39.5 Å². The van der Waals surface area contributed by atoms with E-state index in [4.69, 9.17) is 0 Å². The zero-order valence-electron chi connectivity index (χ0n) is 10.1. The number of piperazine rings is 1. The second kappa shape index (κ2) is 4.17. The van der Waals surface area contributed by atoms with Crippen LogP contribution in [-0.2, 0) is 9.59 Å². The molecule has 2 aliphatic rings. The number of ketones is 1. The van der Waals surface area contributed by atoms with E-state index in [-0.39, 0.29) is 11.9 Å². The predicted molar refractivity (Wildman–Crippen MR) is 61.1 cm³/mol. The summed E-state index contributed by atoms with van der Waals surface area (Å²) in [4.78, 5) is 25.8. The lowest BCUT2D eigenvalue weighted by Crippen LogP contribution is -2.66. The summed E-state index contributed by atoms with van der Waals surface area (Å²) in [6, 6.07) is -0.0326. The van der Waals surface area contributed by atoms with Crippen LogP contribution in [0.25, 0.3) is 0 Å². The van der Waals surface area contributed by atoms with E-state index in [1.165, 1.54) is 0 Å². The van der Waals surface area contributed by atoms with Crippen LogP contribution < -0.4 is 5.32 Å². The van der Waals surface area contributed by atoms with Crippen molar-refractivity contribution in [3.63, 3.8) is 0 Å². The summed E-state index contributed by atoms with van der Waals surface area (Å²) in [5.74, 6) is 0.353. The SMILES string of the molecule is CC1(C)C(=O)NCCN1C1CCCCC1=O. The second-order valence-corrected chi connectivity index (χ2v) is 5.24. The molecule has 0 spiro atoms. The molecule has 0 aromatic rings. The number of amides is 1. The number of carbonyl (C=O) groups is 2. The van der Waals surface area contributed by atoms with E-state index in [0.29, 0.717) is 18.7 Å². The third kappa shape index (κ3) is 1.86. The van der Waals surface area contributed by atoms with Crippen molar-refractivity contribution in [2.24, 2.45) is 0 Å². The fourth-order valence-electron chi connectivity index (χ4n) is 2.76. The van der Waals surface area contributed by atoms with Gasteiger partial charge in [0.2, 0.25) is 5.91 Å². The Labute approximate surface area is 96.4 Å². The molecule has 90 valence electrons. The van der Waals surface area contributed by atoms with Gasteiger partial charge in [-0.25, -0.2) is 0 Å². The van der Waals surface area contributed by atoms with Crippen molar-refractivity contribution in [3.05, 3.63) is 0 Å². The lowest BCUT2D eigenvalue weighted by molar-refractivity contribution is -0.142. The van der Waals surface area contributed by atoms with Crippen molar-refractivity contribution in [2.45, 2.75) is 51.1 Å². The molecule has 1 saturated heterocycles. The lowest BCUT2D eigenvalue weighted by Gasteiger charge is -2.46. The Morgan fingerprint density at radius 3 is 2.75 bits per heavy atom. The monoisotopic (exact) mass is 224 g/mol. The van der Waals surface area contributed by atoms with Gasteiger partial charge < -0.3 is 5.32 Å². The van der Waals surface area contributed by atoms with Crippen molar-refractivity contribution in [3.8, 4) is 0 Å². The highest BCUT2D eigenvalue weighted by molar-refractivity contribution is 5.89. The van der Waals surface area contributed by atoms with Crippen LogP contribution in [0.2, 0.25) is 0 Å². The Bertz CT molecular complexity index is 312. The van der Waals surface area contributed by atoms with E-state index < -0.39 is 5.54 Å². The van der Waals surface area contributed by atoms with Crippen molar-refractivity contribution in [2.75, 3.05) is 13.1 Å². The summed E-state index contributed by atoms with van der Waals surface area (Å²) >= 11 is 0. The summed E-state index contributed by atoms with van der Waals surface area (Å²) in [5.41, 5.74) is -0.546. The van der Waals surface area contributed by atoms with Crippen LogP contribution in [0.15, 0.2) is 0 Å². The van der Waals surface area contributed by atoms with Crippen molar-refractivity contribution in [1.82, 2.24) is 10.2 Å². The molecular formula is C12H20N2O2. The van der Waals surface area contributed by atoms with Crippen LogP contribution in [0.5, 0.6) is 0 Å². The van der Waals surface area contributed by atoms with Crippen LogP contribution in [-0.4, -0.2) is 41.3 Å². The van der Waals surface area contributed by atoms with Gasteiger partial charge in [-0.3, -0.25) is 14.5 Å². The summed E-state index contributed by atoms with van der Waals surface area (Å²) in [6.07, 6.45) is 3.70. The van der Waals surface area contributed by atoms with Gasteiger partial charge in [0.15, 0.2) is 0 Å². The molecule has 1 amide bonds. The van der Waals surface area contributed by atoms with E-state index in [9.17, 15) is 9.59 Å². The van der Waals surface area contributed by atoms with Crippen LogP contribution in [0.3, 0.4) is 0 Å². The molecule has 16 heavy (non-hydrogen) atoms. The van der Waals surface area contributed by atoms with Crippen molar-refractivity contribution < 1.29 is 9.59 Å². The molecule has 0 radical (unpaired) electrons. The Balaban J connectivity index is 2.18. The van der Waals surface area contributed by atoms with Crippen LogP contribution in [0, 0.1) is 0 Å². The first kappa shape index (κ1) is 11.6. The molecule has 1 aliphatic carbocycles. The maximum Gasteiger partial charge on any atom is 0.240 e. The topological polar surface area (TPSA) is 49.4 Å². The number of hydrogen-bond donors (Lipinski definition) is 1. The number of nitrogens with one attached hydrogen (secondary N) is 1. The van der Waals surface area contributed by atoms with E-state index in [1.54, 1.807) is 0 Å². The Morgan fingerprint density at radius 1 is 1.31 bits per heavy atom. The average molecular weight is 224 g/mol. The van der Waals surface area contributed by atoms with Crippen molar-refractivity contribution >= 4 is 11.7 Å².